The highest BCUT2D eigenvalue weighted by Crippen LogP contribution is 2.29. The van der Waals surface area contributed by atoms with Crippen molar-refractivity contribution in [2.45, 2.75) is 39.4 Å². The molecule has 1 aromatic heterocycles. The Hall–Kier alpha value is -1.72. The standard InChI is InChI=1S/C13H17F3N2O/c1-8-5-9(10(19)7-17-12(2,3)4)18-11(6-8)13(14,15)16/h5-7,17,19H,1-4H3/b10-7-. The maximum absolute atomic E-state index is 12.6. The summed E-state index contributed by atoms with van der Waals surface area (Å²) in [5.41, 5.74) is -1.04. The van der Waals surface area contributed by atoms with Gasteiger partial charge in [0.15, 0.2) is 5.76 Å². The summed E-state index contributed by atoms with van der Waals surface area (Å²) in [5, 5.41) is 12.6. The molecule has 0 saturated carbocycles. The number of nitrogens with one attached hydrogen (secondary N) is 1. The zero-order valence-corrected chi connectivity index (χ0v) is 11.3. The number of hydrogen-bond donors (Lipinski definition) is 2. The van der Waals surface area contributed by atoms with Gasteiger partial charge in [0.2, 0.25) is 0 Å². The Morgan fingerprint density at radius 3 is 2.32 bits per heavy atom. The van der Waals surface area contributed by atoms with Crippen LogP contribution in [0.15, 0.2) is 18.3 Å². The molecule has 0 atom stereocenters. The van der Waals surface area contributed by atoms with E-state index in [9.17, 15) is 18.3 Å². The molecule has 0 aliphatic rings. The summed E-state index contributed by atoms with van der Waals surface area (Å²) < 4.78 is 37.8. The molecule has 106 valence electrons. The lowest BCUT2D eigenvalue weighted by Gasteiger charge is -2.19. The van der Waals surface area contributed by atoms with Crippen LogP contribution in [0.4, 0.5) is 13.2 Å². The van der Waals surface area contributed by atoms with Crippen molar-refractivity contribution in [1.82, 2.24) is 10.3 Å². The zero-order chi connectivity index (χ0) is 14.8. The van der Waals surface area contributed by atoms with Crippen LogP contribution >= 0.6 is 0 Å². The van der Waals surface area contributed by atoms with Crippen LogP contribution in [0.25, 0.3) is 5.76 Å². The molecule has 0 radical (unpaired) electrons. The van der Waals surface area contributed by atoms with E-state index in [0.29, 0.717) is 5.56 Å². The molecule has 19 heavy (non-hydrogen) atoms. The van der Waals surface area contributed by atoms with Crippen molar-refractivity contribution in [3.05, 3.63) is 35.3 Å². The fourth-order valence-corrected chi connectivity index (χ4v) is 1.30. The van der Waals surface area contributed by atoms with E-state index in [-0.39, 0.29) is 17.0 Å². The quantitative estimate of drug-likeness (QED) is 0.809. The Balaban J connectivity index is 3.11. The lowest BCUT2D eigenvalue weighted by Crippen LogP contribution is -2.31. The fourth-order valence-electron chi connectivity index (χ4n) is 1.30. The van der Waals surface area contributed by atoms with Crippen LogP contribution in [-0.2, 0) is 6.18 Å². The number of aliphatic hydroxyl groups excluding tert-OH is 1. The van der Waals surface area contributed by atoms with Gasteiger partial charge in [-0.25, -0.2) is 4.98 Å². The summed E-state index contributed by atoms with van der Waals surface area (Å²) >= 11 is 0. The summed E-state index contributed by atoms with van der Waals surface area (Å²) in [6, 6.07) is 2.33. The number of nitrogens with zero attached hydrogens (tertiary/aromatic N) is 1. The highest BCUT2D eigenvalue weighted by Gasteiger charge is 2.33. The lowest BCUT2D eigenvalue weighted by atomic mass is 10.1. The van der Waals surface area contributed by atoms with E-state index in [0.717, 1.165) is 6.07 Å². The van der Waals surface area contributed by atoms with Crippen molar-refractivity contribution < 1.29 is 18.3 Å². The second kappa shape index (κ2) is 5.11. The molecule has 0 aromatic carbocycles. The van der Waals surface area contributed by atoms with Gasteiger partial charge in [0, 0.05) is 11.7 Å². The molecule has 0 spiro atoms. The molecule has 0 aliphatic carbocycles. The van der Waals surface area contributed by atoms with Crippen LogP contribution in [-0.4, -0.2) is 15.6 Å². The van der Waals surface area contributed by atoms with E-state index >= 15 is 0 Å². The minimum atomic E-state index is -4.53. The van der Waals surface area contributed by atoms with Gasteiger partial charge in [0.25, 0.3) is 0 Å². The van der Waals surface area contributed by atoms with Crippen LogP contribution in [0, 0.1) is 6.92 Å². The van der Waals surface area contributed by atoms with E-state index in [4.69, 9.17) is 0 Å². The Labute approximate surface area is 110 Å². The fraction of sp³-hybridized carbons (Fsp3) is 0.462. The van der Waals surface area contributed by atoms with Gasteiger partial charge in [-0.2, -0.15) is 13.2 Å². The number of halogens is 3. The van der Waals surface area contributed by atoms with Gasteiger partial charge < -0.3 is 10.4 Å². The number of rotatable bonds is 2. The Kier molecular flexibility index (Phi) is 4.12. The van der Waals surface area contributed by atoms with Gasteiger partial charge in [-0.3, -0.25) is 0 Å². The van der Waals surface area contributed by atoms with Crippen LogP contribution in [0.5, 0.6) is 0 Å². The van der Waals surface area contributed by atoms with Gasteiger partial charge in [-0.1, -0.05) is 0 Å². The average molecular weight is 274 g/mol. The maximum Gasteiger partial charge on any atom is 0.433 e. The van der Waals surface area contributed by atoms with Crippen molar-refractivity contribution in [3.63, 3.8) is 0 Å². The lowest BCUT2D eigenvalue weighted by molar-refractivity contribution is -0.141. The smallest absolute Gasteiger partial charge is 0.433 e. The van der Waals surface area contributed by atoms with Crippen molar-refractivity contribution in [3.8, 4) is 0 Å². The maximum atomic E-state index is 12.6. The minimum Gasteiger partial charge on any atom is -0.504 e. The first-order valence-electron chi connectivity index (χ1n) is 5.72. The third kappa shape index (κ3) is 4.81. The molecule has 0 amide bonds. The third-order valence-electron chi connectivity index (χ3n) is 2.16. The molecule has 0 unspecified atom stereocenters. The molecule has 1 heterocycles. The molecule has 6 heteroatoms. The first-order chi connectivity index (χ1) is 8.49. The summed E-state index contributed by atoms with van der Waals surface area (Å²) in [4.78, 5) is 3.42. The van der Waals surface area contributed by atoms with Crippen molar-refractivity contribution >= 4 is 5.76 Å². The van der Waals surface area contributed by atoms with E-state index in [2.05, 4.69) is 10.3 Å². The molecular weight excluding hydrogens is 257 g/mol. The van der Waals surface area contributed by atoms with Crippen LogP contribution in [0.2, 0.25) is 0 Å². The molecule has 3 nitrogen and oxygen atoms in total. The van der Waals surface area contributed by atoms with E-state index < -0.39 is 11.9 Å². The summed E-state index contributed by atoms with van der Waals surface area (Å²) in [6.45, 7) is 7.11. The number of aromatic nitrogens is 1. The first kappa shape index (κ1) is 15.3. The highest BCUT2D eigenvalue weighted by molar-refractivity contribution is 5.55. The molecule has 0 bridgehead atoms. The van der Waals surface area contributed by atoms with E-state index in [1.165, 1.54) is 19.2 Å². The zero-order valence-electron chi connectivity index (χ0n) is 11.3. The van der Waals surface area contributed by atoms with Crippen LogP contribution in [0.1, 0.15) is 37.7 Å². The van der Waals surface area contributed by atoms with Gasteiger partial charge in [0.05, 0.1) is 0 Å². The number of alkyl halides is 3. The monoisotopic (exact) mass is 274 g/mol. The molecule has 1 aromatic rings. The third-order valence-corrected chi connectivity index (χ3v) is 2.16. The minimum absolute atomic E-state index is 0.107. The number of aryl methyl sites for hydroxylation is 1. The highest BCUT2D eigenvalue weighted by atomic mass is 19.4. The second-order valence-electron chi connectivity index (χ2n) is 5.34. The summed E-state index contributed by atoms with van der Waals surface area (Å²) in [7, 11) is 0. The predicted molar refractivity (Wildman–Crippen MR) is 67.5 cm³/mol. The molecule has 2 N–H and O–H groups in total. The van der Waals surface area contributed by atoms with Crippen molar-refractivity contribution in [2.75, 3.05) is 0 Å². The Morgan fingerprint density at radius 1 is 1.26 bits per heavy atom. The Bertz CT molecular complexity index is 488. The summed E-state index contributed by atoms with van der Waals surface area (Å²) in [5.74, 6) is -0.330. The predicted octanol–water partition coefficient (Wildman–Crippen LogP) is 3.65. The van der Waals surface area contributed by atoms with Crippen molar-refractivity contribution in [2.24, 2.45) is 0 Å². The SMILES string of the molecule is Cc1cc(/C(O)=C/NC(C)(C)C)nc(C(F)(F)F)c1. The van der Waals surface area contributed by atoms with E-state index in [1.807, 2.05) is 20.8 Å². The van der Waals surface area contributed by atoms with Crippen molar-refractivity contribution in [1.29, 1.82) is 0 Å². The number of pyridine rings is 1. The largest absolute Gasteiger partial charge is 0.504 e. The number of hydrogen-bond acceptors (Lipinski definition) is 3. The van der Waals surface area contributed by atoms with E-state index in [1.54, 1.807) is 0 Å². The van der Waals surface area contributed by atoms with Gasteiger partial charge >= 0.3 is 6.18 Å². The molecule has 0 fully saturated rings. The van der Waals surface area contributed by atoms with Gasteiger partial charge in [0.1, 0.15) is 11.4 Å². The molecule has 1 rings (SSSR count). The van der Waals surface area contributed by atoms with Gasteiger partial charge in [-0.05, 0) is 45.4 Å². The molecule has 0 aliphatic heterocycles. The van der Waals surface area contributed by atoms with Crippen LogP contribution < -0.4 is 5.32 Å². The topological polar surface area (TPSA) is 45.1 Å². The summed E-state index contributed by atoms with van der Waals surface area (Å²) in [6.07, 6.45) is -3.28. The molecule has 0 saturated heterocycles. The van der Waals surface area contributed by atoms with Gasteiger partial charge in [-0.15, -0.1) is 0 Å². The Morgan fingerprint density at radius 2 is 1.84 bits per heavy atom. The normalized spacial score (nSPS) is 13.5. The number of aliphatic hydroxyl groups is 1. The second-order valence-corrected chi connectivity index (χ2v) is 5.34. The van der Waals surface area contributed by atoms with Crippen LogP contribution in [0.3, 0.4) is 0 Å². The molecular formula is C13H17F3N2O. The average Bonchev–Trinajstić information content (AvgIpc) is 2.22. The first-order valence-corrected chi connectivity index (χ1v) is 5.72.